The number of hydrogen-bond acceptors (Lipinski definition) is 3. The first-order valence-corrected chi connectivity index (χ1v) is 6.46. The fraction of sp³-hybridized carbons (Fsp3) is 0.417. The van der Waals surface area contributed by atoms with Crippen LogP contribution in [-0.2, 0) is 0 Å². The van der Waals surface area contributed by atoms with Gasteiger partial charge in [-0.2, -0.15) is 16.4 Å². The van der Waals surface area contributed by atoms with Crippen LogP contribution in [0.1, 0.15) is 30.6 Å². The van der Waals surface area contributed by atoms with Crippen molar-refractivity contribution in [3.05, 3.63) is 40.3 Å². The van der Waals surface area contributed by atoms with Gasteiger partial charge in [-0.3, -0.25) is 4.68 Å². The van der Waals surface area contributed by atoms with Crippen LogP contribution in [0.4, 0.5) is 0 Å². The molecule has 4 heteroatoms. The molecule has 0 radical (unpaired) electrons. The van der Waals surface area contributed by atoms with E-state index < -0.39 is 0 Å². The Labute approximate surface area is 99.9 Å². The van der Waals surface area contributed by atoms with Gasteiger partial charge in [0.25, 0.3) is 0 Å². The number of aryl methyl sites for hydroxylation is 1. The molecule has 86 valence electrons. The van der Waals surface area contributed by atoms with Gasteiger partial charge in [-0.1, -0.05) is 6.92 Å². The van der Waals surface area contributed by atoms with E-state index in [9.17, 15) is 0 Å². The summed E-state index contributed by atoms with van der Waals surface area (Å²) < 4.78 is 1.98. The van der Waals surface area contributed by atoms with Crippen molar-refractivity contribution in [1.82, 2.24) is 9.78 Å². The summed E-state index contributed by atoms with van der Waals surface area (Å²) in [5, 5.41) is 8.71. The highest BCUT2D eigenvalue weighted by atomic mass is 32.1. The Balaban J connectivity index is 2.35. The van der Waals surface area contributed by atoms with Crippen molar-refractivity contribution in [2.24, 2.45) is 5.73 Å². The second-order valence-electron chi connectivity index (χ2n) is 4.01. The van der Waals surface area contributed by atoms with Crippen LogP contribution in [0.2, 0.25) is 0 Å². The van der Waals surface area contributed by atoms with Crippen LogP contribution in [-0.4, -0.2) is 15.8 Å². The molecule has 0 amide bonds. The Kier molecular flexibility index (Phi) is 3.41. The minimum Gasteiger partial charge on any atom is -0.326 e. The Morgan fingerprint density at radius 1 is 1.50 bits per heavy atom. The molecule has 2 N–H and O–H groups in total. The maximum Gasteiger partial charge on any atom is 0.0927 e. The molecule has 2 rings (SSSR count). The van der Waals surface area contributed by atoms with E-state index in [4.69, 9.17) is 5.73 Å². The molecule has 3 nitrogen and oxygen atoms in total. The van der Waals surface area contributed by atoms with Crippen molar-refractivity contribution in [1.29, 1.82) is 0 Å². The largest absolute Gasteiger partial charge is 0.326 e. The maximum atomic E-state index is 6.19. The second-order valence-corrected chi connectivity index (χ2v) is 4.79. The number of nitrogens with zero attached hydrogens (tertiary/aromatic N) is 2. The van der Waals surface area contributed by atoms with E-state index in [1.165, 1.54) is 5.56 Å². The lowest BCUT2D eigenvalue weighted by Crippen LogP contribution is -2.32. The molecular weight excluding hydrogens is 218 g/mol. The Bertz CT molecular complexity index is 433. The third-order valence-electron chi connectivity index (χ3n) is 2.79. The third-order valence-corrected chi connectivity index (χ3v) is 3.49. The van der Waals surface area contributed by atoms with Gasteiger partial charge in [0.1, 0.15) is 0 Å². The molecule has 0 saturated heterocycles. The highest BCUT2D eigenvalue weighted by Gasteiger charge is 2.21. The van der Waals surface area contributed by atoms with Crippen molar-refractivity contribution in [3.8, 4) is 0 Å². The predicted octanol–water partition coefficient (Wildman–Crippen LogP) is 2.58. The number of rotatable bonds is 4. The first-order valence-electron chi connectivity index (χ1n) is 5.51. The van der Waals surface area contributed by atoms with Gasteiger partial charge in [0.2, 0.25) is 0 Å². The normalized spacial score (nSPS) is 14.9. The van der Waals surface area contributed by atoms with Crippen LogP contribution in [0.3, 0.4) is 0 Å². The van der Waals surface area contributed by atoms with E-state index in [2.05, 4.69) is 28.8 Å². The van der Waals surface area contributed by atoms with Crippen molar-refractivity contribution >= 4 is 11.3 Å². The summed E-state index contributed by atoms with van der Waals surface area (Å²) in [7, 11) is 0. The quantitative estimate of drug-likeness (QED) is 0.885. The van der Waals surface area contributed by atoms with Crippen molar-refractivity contribution in [3.63, 3.8) is 0 Å². The predicted molar refractivity (Wildman–Crippen MR) is 67.7 cm³/mol. The van der Waals surface area contributed by atoms with Gasteiger partial charge in [-0.15, -0.1) is 0 Å². The van der Waals surface area contributed by atoms with E-state index in [-0.39, 0.29) is 12.1 Å². The summed E-state index contributed by atoms with van der Waals surface area (Å²) in [6.07, 6.45) is 2.95. The highest BCUT2D eigenvalue weighted by Crippen LogP contribution is 2.24. The summed E-state index contributed by atoms with van der Waals surface area (Å²) in [5.41, 5.74) is 8.48. The monoisotopic (exact) mass is 235 g/mol. The summed E-state index contributed by atoms with van der Waals surface area (Å²) >= 11 is 1.70. The van der Waals surface area contributed by atoms with E-state index >= 15 is 0 Å². The van der Waals surface area contributed by atoms with E-state index in [0.717, 1.165) is 12.1 Å². The first kappa shape index (κ1) is 11.4. The molecule has 0 aliphatic rings. The van der Waals surface area contributed by atoms with Crippen LogP contribution >= 0.6 is 11.3 Å². The lowest BCUT2D eigenvalue weighted by Gasteiger charge is -2.22. The van der Waals surface area contributed by atoms with E-state index in [1.54, 1.807) is 11.3 Å². The maximum absolute atomic E-state index is 6.19. The fourth-order valence-corrected chi connectivity index (χ4v) is 2.54. The molecule has 2 aromatic rings. The lowest BCUT2D eigenvalue weighted by atomic mass is 10.0. The zero-order valence-corrected chi connectivity index (χ0v) is 10.4. The minimum absolute atomic E-state index is 0.105. The van der Waals surface area contributed by atoms with Crippen LogP contribution < -0.4 is 5.73 Å². The molecular formula is C12H17N3S. The summed E-state index contributed by atoms with van der Waals surface area (Å²) in [6.45, 7) is 4.11. The van der Waals surface area contributed by atoms with Gasteiger partial charge in [0, 0.05) is 12.2 Å². The Morgan fingerprint density at radius 3 is 2.81 bits per heavy atom. The zero-order chi connectivity index (χ0) is 11.5. The van der Waals surface area contributed by atoms with Crippen LogP contribution in [0.15, 0.2) is 29.1 Å². The molecule has 0 bridgehead atoms. The SMILES string of the molecule is CCC(N)C(c1ccsc1)n1ccc(C)n1. The number of aromatic nitrogens is 2. The summed E-state index contributed by atoms with van der Waals surface area (Å²) in [4.78, 5) is 0. The van der Waals surface area contributed by atoms with Gasteiger partial charge in [0.05, 0.1) is 11.7 Å². The molecule has 2 unspecified atom stereocenters. The Hall–Kier alpha value is -1.13. The molecule has 2 atom stereocenters. The number of nitrogens with two attached hydrogens (primary N) is 1. The zero-order valence-electron chi connectivity index (χ0n) is 9.63. The number of thiophene rings is 1. The molecule has 0 aromatic carbocycles. The lowest BCUT2D eigenvalue weighted by molar-refractivity contribution is 0.423. The van der Waals surface area contributed by atoms with Crippen LogP contribution in [0.25, 0.3) is 0 Å². The van der Waals surface area contributed by atoms with Crippen molar-refractivity contribution in [2.45, 2.75) is 32.4 Å². The van der Waals surface area contributed by atoms with Crippen LogP contribution in [0, 0.1) is 6.92 Å². The van der Waals surface area contributed by atoms with E-state index in [1.807, 2.05) is 23.9 Å². The molecule has 16 heavy (non-hydrogen) atoms. The molecule has 0 aliphatic carbocycles. The van der Waals surface area contributed by atoms with Gasteiger partial charge in [-0.05, 0) is 41.8 Å². The van der Waals surface area contributed by atoms with Crippen LogP contribution in [0.5, 0.6) is 0 Å². The van der Waals surface area contributed by atoms with Gasteiger partial charge in [0.15, 0.2) is 0 Å². The van der Waals surface area contributed by atoms with Gasteiger partial charge >= 0.3 is 0 Å². The summed E-state index contributed by atoms with van der Waals surface area (Å²) in [6, 6.07) is 4.41. The molecule has 0 spiro atoms. The Morgan fingerprint density at radius 2 is 2.31 bits per heavy atom. The second kappa shape index (κ2) is 4.80. The molecule has 2 aromatic heterocycles. The fourth-order valence-electron chi connectivity index (χ4n) is 1.85. The van der Waals surface area contributed by atoms with Gasteiger partial charge < -0.3 is 5.73 Å². The summed E-state index contributed by atoms with van der Waals surface area (Å²) in [5.74, 6) is 0. The minimum atomic E-state index is 0.105. The average molecular weight is 235 g/mol. The van der Waals surface area contributed by atoms with E-state index in [0.29, 0.717) is 0 Å². The van der Waals surface area contributed by atoms with Crippen molar-refractivity contribution in [2.75, 3.05) is 0 Å². The molecule has 0 aliphatic heterocycles. The van der Waals surface area contributed by atoms with Crippen molar-refractivity contribution < 1.29 is 0 Å². The smallest absolute Gasteiger partial charge is 0.0927 e. The average Bonchev–Trinajstić information content (AvgIpc) is 2.91. The topological polar surface area (TPSA) is 43.8 Å². The molecule has 0 saturated carbocycles. The first-order chi connectivity index (χ1) is 7.72. The number of hydrogen-bond donors (Lipinski definition) is 1. The highest BCUT2D eigenvalue weighted by molar-refractivity contribution is 7.07. The molecule has 2 heterocycles. The molecule has 0 fully saturated rings. The third kappa shape index (κ3) is 2.18. The van der Waals surface area contributed by atoms with Gasteiger partial charge in [-0.25, -0.2) is 0 Å². The standard InChI is InChI=1S/C12H17N3S/c1-3-11(13)12(10-5-7-16-8-10)15-6-4-9(2)14-15/h4-8,11-12H,3,13H2,1-2H3.